The van der Waals surface area contributed by atoms with Gasteiger partial charge in [-0.25, -0.2) is 14.4 Å². The van der Waals surface area contributed by atoms with E-state index in [1.54, 1.807) is 6.92 Å². The lowest BCUT2D eigenvalue weighted by molar-refractivity contribution is 0.282. The Morgan fingerprint density at radius 2 is 2.24 bits per heavy atom. The Labute approximate surface area is 101 Å². The Balaban J connectivity index is 2.21. The molecule has 94 valence electrons. The van der Waals surface area contributed by atoms with E-state index in [9.17, 15) is 4.39 Å². The maximum Gasteiger partial charge on any atom is 0.186 e. The molecule has 0 amide bonds. The molecule has 5 heteroatoms. The molecule has 0 atom stereocenters. The van der Waals surface area contributed by atoms with E-state index in [0.717, 1.165) is 12.8 Å². The van der Waals surface area contributed by atoms with E-state index in [2.05, 4.69) is 9.97 Å². The fourth-order valence-corrected chi connectivity index (χ4v) is 2.05. The normalized spacial score (nSPS) is 15.7. The second-order valence-corrected chi connectivity index (χ2v) is 4.45. The number of nitrogens with zero attached hydrogens (tertiary/aromatic N) is 3. The highest BCUT2D eigenvalue weighted by Crippen LogP contribution is 2.30. The fourth-order valence-electron chi connectivity index (χ4n) is 2.05. The molecule has 1 N–H and O–H groups in total. The van der Waals surface area contributed by atoms with Crippen molar-refractivity contribution in [2.75, 3.05) is 18.1 Å². The largest absolute Gasteiger partial charge is 0.396 e. The van der Waals surface area contributed by atoms with Crippen LogP contribution in [-0.2, 0) is 0 Å². The standard InChI is InChI=1S/C12H18FN3O/c1-9-11(13)12(15-8-14-9)16(6-3-7-17)10-4-2-5-10/h8,10,17H,2-7H2,1H3. The van der Waals surface area contributed by atoms with Gasteiger partial charge < -0.3 is 10.0 Å². The highest BCUT2D eigenvalue weighted by atomic mass is 19.1. The smallest absolute Gasteiger partial charge is 0.186 e. The monoisotopic (exact) mass is 239 g/mol. The van der Waals surface area contributed by atoms with E-state index >= 15 is 0 Å². The summed E-state index contributed by atoms with van der Waals surface area (Å²) in [6.45, 7) is 2.41. The molecule has 1 aromatic heterocycles. The Kier molecular flexibility index (Phi) is 3.89. The van der Waals surface area contributed by atoms with Gasteiger partial charge in [0.15, 0.2) is 11.6 Å². The first kappa shape index (κ1) is 12.2. The first-order valence-electron chi connectivity index (χ1n) is 6.08. The van der Waals surface area contributed by atoms with Gasteiger partial charge in [0.25, 0.3) is 0 Å². The molecule has 0 unspecified atom stereocenters. The molecule has 0 saturated heterocycles. The van der Waals surface area contributed by atoms with E-state index in [0.29, 0.717) is 30.5 Å². The summed E-state index contributed by atoms with van der Waals surface area (Å²) in [5.41, 5.74) is 0.378. The van der Waals surface area contributed by atoms with Gasteiger partial charge >= 0.3 is 0 Å². The molecule has 0 aliphatic heterocycles. The summed E-state index contributed by atoms with van der Waals surface area (Å²) >= 11 is 0. The van der Waals surface area contributed by atoms with Crippen LogP contribution in [0.25, 0.3) is 0 Å². The van der Waals surface area contributed by atoms with Crippen LogP contribution < -0.4 is 4.90 Å². The number of aliphatic hydroxyl groups excluding tert-OH is 1. The summed E-state index contributed by atoms with van der Waals surface area (Å²) in [7, 11) is 0. The fraction of sp³-hybridized carbons (Fsp3) is 0.667. The molecule has 1 fully saturated rings. The lowest BCUT2D eigenvalue weighted by Crippen LogP contribution is -2.42. The molecule has 2 rings (SSSR count). The van der Waals surface area contributed by atoms with Crippen LogP contribution in [-0.4, -0.2) is 34.3 Å². The number of aryl methyl sites for hydroxylation is 1. The minimum absolute atomic E-state index is 0.120. The average molecular weight is 239 g/mol. The van der Waals surface area contributed by atoms with Crippen LogP contribution in [0.2, 0.25) is 0 Å². The molecule has 1 aromatic rings. The number of halogens is 1. The first-order chi connectivity index (χ1) is 8.24. The Bertz CT molecular complexity index is 382. The van der Waals surface area contributed by atoms with Crippen LogP contribution >= 0.6 is 0 Å². The van der Waals surface area contributed by atoms with Gasteiger partial charge in [0.05, 0.1) is 5.69 Å². The quantitative estimate of drug-likeness (QED) is 0.849. The Hall–Kier alpha value is -1.23. The third kappa shape index (κ3) is 2.54. The van der Waals surface area contributed by atoms with Crippen LogP contribution in [0, 0.1) is 12.7 Å². The highest BCUT2D eigenvalue weighted by molar-refractivity contribution is 5.42. The second-order valence-electron chi connectivity index (χ2n) is 4.45. The number of aliphatic hydroxyl groups is 1. The predicted octanol–water partition coefficient (Wildman–Crippen LogP) is 1.67. The van der Waals surface area contributed by atoms with Gasteiger partial charge in [0, 0.05) is 19.2 Å². The van der Waals surface area contributed by atoms with E-state index in [4.69, 9.17) is 5.11 Å². The molecule has 1 aliphatic rings. The molecule has 4 nitrogen and oxygen atoms in total. The van der Waals surface area contributed by atoms with E-state index in [-0.39, 0.29) is 12.4 Å². The minimum Gasteiger partial charge on any atom is -0.396 e. The molecule has 0 bridgehead atoms. The molecule has 0 radical (unpaired) electrons. The van der Waals surface area contributed by atoms with Crippen molar-refractivity contribution < 1.29 is 9.50 Å². The molecule has 1 saturated carbocycles. The van der Waals surface area contributed by atoms with Crippen LogP contribution in [0.15, 0.2) is 6.33 Å². The van der Waals surface area contributed by atoms with Crippen molar-refractivity contribution in [1.82, 2.24) is 9.97 Å². The van der Waals surface area contributed by atoms with Crippen molar-refractivity contribution in [1.29, 1.82) is 0 Å². The zero-order valence-corrected chi connectivity index (χ0v) is 10.1. The molecular weight excluding hydrogens is 221 g/mol. The summed E-state index contributed by atoms with van der Waals surface area (Å²) in [6, 6.07) is 0.366. The lowest BCUT2D eigenvalue weighted by atomic mass is 9.91. The SMILES string of the molecule is Cc1ncnc(N(CCCO)C2CCC2)c1F. The van der Waals surface area contributed by atoms with Gasteiger partial charge in [-0.15, -0.1) is 0 Å². The summed E-state index contributed by atoms with van der Waals surface area (Å²) in [6.07, 6.45) is 5.38. The van der Waals surface area contributed by atoms with Crippen LogP contribution in [0.4, 0.5) is 10.2 Å². The van der Waals surface area contributed by atoms with E-state index in [1.165, 1.54) is 12.7 Å². The molecule has 0 spiro atoms. The van der Waals surface area contributed by atoms with E-state index in [1.807, 2.05) is 4.90 Å². The van der Waals surface area contributed by atoms with Crippen molar-refractivity contribution in [3.8, 4) is 0 Å². The van der Waals surface area contributed by atoms with E-state index < -0.39 is 0 Å². The zero-order chi connectivity index (χ0) is 12.3. The summed E-state index contributed by atoms with van der Waals surface area (Å²) in [5.74, 6) is 0.0491. The van der Waals surface area contributed by atoms with Crippen LogP contribution in [0.5, 0.6) is 0 Å². The Morgan fingerprint density at radius 1 is 1.47 bits per heavy atom. The molecule has 0 aromatic carbocycles. The number of aromatic nitrogens is 2. The summed E-state index contributed by atoms with van der Waals surface area (Å²) < 4.78 is 14.0. The molecular formula is C12H18FN3O. The number of hydrogen-bond acceptors (Lipinski definition) is 4. The van der Waals surface area contributed by atoms with Gasteiger partial charge in [-0.2, -0.15) is 0 Å². The van der Waals surface area contributed by atoms with Gasteiger partial charge in [-0.05, 0) is 32.6 Å². The van der Waals surface area contributed by atoms with Crippen molar-refractivity contribution in [3.63, 3.8) is 0 Å². The maximum absolute atomic E-state index is 14.0. The summed E-state index contributed by atoms with van der Waals surface area (Å²) in [5, 5.41) is 8.91. The molecule has 1 aliphatic carbocycles. The lowest BCUT2D eigenvalue weighted by Gasteiger charge is -2.38. The first-order valence-corrected chi connectivity index (χ1v) is 6.08. The number of anilines is 1. The highest BCUT2D eigenvalue weighted by Gasteiger charge is 2.28. The molecule has 17 heavy (non-hydrogen) atoms. The summed E-state index contributed by atoms with van der Waals surface area (Å²) in [4.78, 5) is 9.87. The zero-order valence-electron chi connectivity index (χ0n) is 10.1. The number of rotatable bonds is 5. The average Bonchev–Trinajstić information content (AvgIpc) is 2.26. The third-order valence-electron chi connectivity index (χ3n) is 3.29. The van der Waals surface area contributed by atoms with Gasteiger partial charge in [0.1, 0.15) is 6.33 Å². The van der Waals surface area contributed by atoms with Crippen LogP contribution in [0.1, 0.15) is 31.4 Å². The van der Waals surface area contributed by atoms with Crippen molar-refractivity contribution in [2.45, 2.75) is 38.6 Å². The van der Waals surface area contributed by atoms with Gasteiger partial charge in [-0.3, -0.25) is 0 Å². The van der Waals surface area contributed by atoms with Gasteiger partial charge in [-0.1, -0.05) is 0 Å². The third-order valence-corrected chi connectivity index (χ3v) is 3.29. The minimum atomic E-state index is -0.336. The van der Waals surface area contributed by atoms with Crippen molar-refractivity contribution >= 4 is 5.82 Å². The van der Waals surface area contributed by atoms with Crippen molar-refractivity contribution in [2.24, 2.45) is 0 Å². The topological polar surface area (TPSA) is 49.2 Å². The second kappa shape index (κ2) is 5.40. The van der Waals surface area contributed by atoms with Crippen LogP contribution in [0.3, 0.4) is 0 Å². The van der Waals surface area contributed by atoms with Crippen molar-refractivity contribution in [3.05, 3.63) is 17.8 Å². The molecule has 1 heterocycles. The van der Waals surface area contributed by atoms with Gasteiger partial charge in [0.2, 0.25) is 0 Å². The maximum atomic E-state index is 14.0. The Morgan fingerprint density at radius 3 is 2.82 bits per heavy atom. The number of hydrogen-bond donors (Lipinski definition) is 1. The predicted molar refractivity (Wildman–Crippen MR) is 63.4 cm³/mol.